The van der Waals surface area contributed by atoms with Crippen molar-refractivity contribution in [2.45, 2.75) is 18.9 Å². The van der Waals surface area contributed by atoms with Gasteiger partial charge in [0, 0.05) is 47.4 Å². The molecule has 1 aliphatic rings. The van der Waals surface area contributed by atoms with Gasteiger partial charge in [0.1, 0.15) is 0 Å². The zero-order chi connectivity index (χ0) is 20.8. The Labute approximate surface area is 180 Å². The van der Waals surface area contributed by atoms with Gasteiger partial charge in [0.25, 0.3) is 5.91 Å². The highest BCUT2D eigenvalue weighted by molar-refractivity contribution is 7.16. The predicted octanol–water partition coefficient (Wildman–Crippen LogP) is 4.24. The van der Waals surface area contributed by atoms with Crippen LogP contribution in [0.5, 0.6) is 0 Å². The molecule has 1 fully saturated rings. The average Bonchev–Trinajstić information content (AvgIpc) is 3.28. The van der Waals surface area contributed by atoms with E-state index in [4.69, 9.17) is 0 Å². The fraction of sp³-hybridized carbons (Fsp3) is 0.208. The van der Waals surface area contributed by atoms with Crippen molar-refractivity contribution in [1.82, 2.24) is 15.2 Å². The maximum absolute atomic E-state index is 12.5. The Hall–Kier alpha value is -3.25. The summed E-state index contributed by atoms with van der Waals surface area (Å²) >= 11 is 1.67. The maximum Gasteiger partial charge on any atom is 0.253 e. The predicted molar refractivity (Wildman–Crippen MR) is 120 cm³/mol. The molecule has 0 unspecified atom stereocenters. The Balaban J connectivity index is 1.27. The van der Waals surface area contributed by atoms with Gasteiger partial charge in [-0.15, -0.1) is 11.3 Å². The molecule has 4 rings (SSSR count). The molecule has 0 aliphatic carbocycles. The molecule has 0 radical (unpaired) electrons. The number of hydrogen-bond donors (Lipinski definition) is 1. The quantitative estimate of drug-likeness (QED) is 0.632. The molecule has 6 heteroatoms. The fourth-order valence-corrected chi connectivity index (χ4v) is 4.38. The van der Waals surface area contributed by atoms with E-state index in [1.165, 1.54) is 10.4 Å². The number of carbonyl (C=O) groups is 2. The van der Waals surface area contributed by atoms with Crippen LogP contribution < -0.4 is 5.32 Å². The van der Waals surface area contributed by atoms with Gasteiger partial charge in [0.05, 0.1) is 5.56 Å². The highest BCUT2D eigenvalue weighted by Crippen LogP contribution is 2.28. The molecule has 5 nitrogen and oxygen atoms in total. The van der Waals surface area contributed by atoms with E-state index in [1.807, 2.05) is 35.2 Å². The molecule has 152 valence electrons. The lowest BCUT2D eigenvalue weighted by Gasteiger charge is -2.31. The molecule has 1 aliphatic heterocycles. The third-order valence-electron chi connectivity index (χ3n) is 5.14. The first-order valence-corrected chi connectivity index (χ1v) is 10.8. The summed E-state index contributed by atoms with van der Waals surface area (Å²) in [7, 11) is 0. The number of carbonyl (C=O) groups excluding carboxylic acids is 2. The number of nitrogens with zero attached hydrogens (tertiary/aromatic N) is 2. The van der Waals surface area contributed by atoms with Gasteiger partial charge in [-0.05, 0) is 48.7 Å². The molecule has 1 saturated heterocycles. The van der Waals surface area contributed by atoms with Gasteiger partial charge < -0.3 is 10.2 Å². The lowest BCUT2D eigenvalue weighted by Crippen LogP contribution is -2.46. The van der Waals surface area contributed by atoms with Crippen LogP contribution in [0.1, 0.15) is 28.1 Å². The maximum atomic E-state index is 12.5. The Morgan fingerprint density at radius 2 is 1.83 bits per heavy atom. The van der Waals surface area contributed by atoms with E-state index in [2.05, 4.69) is 28.5 Å². The minimum Gasteiger partial charge on any atom is -0.349 e. The van der Waals surface area contributed by atoms with Gasteiger partial charge in [-0.25, -0.2) is 0 Å². The molecule has 0 spiro atoms. The number of aromatic nitrogens is 1. The minimum absolute atomic E-state index is 0.0155. The molecular formula is C24H23N3O2S. The van der Waals surface area contributed by atoms with Gasteiger partial charge in [-0.3, -0.25) is 14.6 Å². The fourth-order valence-electron chi connectivity index (χ4n) is 3.47. The van der Waals surface area contributed by atoms with Crippen LogP contribution in [0, 0.1) is 0 Å². The molecule has 1 aromatic carbocycles. The zero-order valence-electron chi connectivity index (χ0n) is 16.5. The number of nitrogens with one attached hydrogen (secondary N) is 1. The van der Waals surface area contributed by atoms with E-state index in [-0.39, 0.29) is 17.9 Å². The lowest BCUT2D eigenvalue weighted by atomic mass is 10.0. The molecular weight excluding hydrogens is 394 g/mol. The SMILES string of the molecule is O=C(NC1CCN(C(=O)/C=C/c2ccc(-c3ccccc3)s2)CC1)c1cccnc1. The van der Waals surface area contributed by atoms with E-state index >= 15 is 0 Å². The van der Waals surface area contributed by atoms with E-state index in [9.17, 15) is 9.59 Å². The number of benzene rings is 1. The largest absolute Gasteiger partial charge is 0.349 e. The molecule has 0 bridgehead atoms. The number of amides is 2. The minimum atomic E-state index is -0.111. The van der Waals surface area contributed by atoms with Crippen molar-refractivity contribution in [3.8, 4) is 10.4 Å². The summed E-state index contributed by atoms with van der Waals surface area (Å²) in [6.07, 6.45) is 8.25. The average molecular weight is 418 g/mol. The van der Waals surface area contributed by atoms with E-state index in [1.54, 1.807) is 41.9 Å². The summed E-state index contributed by atoms with van der Waals surface area (Å²) in [5.41, 5.74) is 1.74. The topological polar surface area (TPSA) is 62.3 Å². The third kappa shape index (κ3) is 5.02. The standard InChI is InChI=1S/C24H23N3O2S/c28-23(11-9-21-8-10-22(30-21)18-5-2-1-3-6-18)27-15-12-20(13-16-27)26-24(29)19-7-4-14-25-17-19/h1-11,14,17,20H,12-13,15-16H2,(H,26,29)/b11-9+. The van der Waals surface area contributed by atoms with Crippen molar-refractivity contribution in [2.24, 2.45) is 0 Å². The number of piperidine rings is 1. The molecule has 30 heavy (non-hydrogen) atoms. The van der Waals surface area contributed by atoms with Crippen LogP contribution in [-0.2, 0) is 4.79 Å². The molecule has 0 saturated carbocycles. The third-order valence-corrected chi connectivity index (χ3v) is 6.24. The van der Waals surface area contributed by atoms with Gasteiger partial charge >= 0.3 is 0 Å². The number of pyridine rings is 1. The van der Waals surface area contributed by atoms with Crippen LogP contribution in [0.15, 0.2) is 73.1 Å². The Bertz CT molecular complexity index is 1020. The molecule has 3 heterocycles. The van der Waals surface area contributed by atoms with Crippen LogP contribution in [0.2, 0.25) is 0 Å². The van der Waals surface area contributed by atoms with E-state index in [0.29, 0.717) is 18.7 Å². The molecule has 3 aromatic rings. The highest BCUT2D eigenvalue weighted by atomic mass is 32.1. The molecule has 2 aromatic heterocycles. The normalized spacial score (nSPS) is 14.7. The first-order valence-electron chi connectivity index (χ1n) is 10.0. The molecule has 1 N–H and O–H groups in total. The number of hydrogen-bond acceptors (Lipinski definition) is 4. The van der Waals surface area contributed by atoms with Gasteiger partial charge in [-0.1, -0.05) is 30.3 Å². The molecule has 2 amide bonds. The Morgan fingerprint density at radius 3 is 2.57 bits per heavy atom. The van der Waals surface area contributed by atoms with Crippen LogP contribution in [0.25, 0.3) is 16.5 Å². The zero-order valence-corrected chi connectivity index (χ0v) is 17.3. The lowest BCUT2D eigenvalue weighted by molar-refractivity contribution is -0.126. The van der Waals surface area contributed by atoms with Crippen LogP contribution in [-0.4, -0.2) is 40.8 Å². The summed E-state index contributed by atoms with van der Waals surface area (Å²) in [5, 5.41) is 3.04. The second-order valence-electron chi connectivity index (χ2n) is 7.22. The number of rotatable bonds is 5. The smallest absolute Gasteiger partial charge is 0.253 e. The van der Waals surface area contributed by atoms with Crippen LogP contribution in [0.3, 0.4) is 0 Å². The Morgan fingerprint density at radius 1 is 1.03 bits per heavy atom. The van der Waals surface area contributed by atoms with E-state index < -0.39 is 0 Å². The number of thiophene rings is 1. The van der Waals surface area contributed by atoms with Gasteiger partial charge in [0.15, 0.2) is 0 Å². The molecule has 0 atom stereocenters. The van der Waals surface area contributed by atoms with Crippen molar-refractivity contribution in [2.75, 3.05) is 13.1 Å². The van der Waals surface area contributed by atoms with Crippen LogP contribution >= 0.6 is 11.3 Å². The monoisotopic (exact) mass is 417 g/mol. The van der Waals surface area contributed by atoms with Crippen molar-refractivity contribution < 1.29 is 9.59 Å². The summed E-state index contributed by atoms with van der Waals surface area (Å²) in [4.78, 5) is 32.9. The van der Waals surface area contributed by atoms with Crippen molar-refractivity contribution >= 4 is 29.2 Å². The highest BCUT2D eigenvalue weighted by Gasteiger charge is 2.23. The van der Waals surface area contributed by atoms with Crippen molar-refractivity contribution in [3.05, 3.63) is 83.5 Å². The van der Waals surface area contributed by atoms with Crippen molar-refractivity contribution in [1.29, 1.82) is 0 Å². The summed E-state index contributed by atoms with van der Waals surface area (Å²) < 4.78 is 0. The second kappa shape index (κ2) is 9.50. The van der Waals surface area contributed by atoms with Gasteiger partial charge in [-0.2, -0.15) is 0 Å². The van der Waals surface area contributed by atoms with Crippen LogP contribution in [0.4, 0.5) is 0 Å². The first kappa shape index (κ1) is 20.0. The van der Waals surface area contributed by atoms with Gasteiger partial charge in [0.2, 0.25) is 5.91 Å². The summed E-state index contributed by atoms with van der Waals surface area (Å²) in [6, 6.07) is 17.9. The van der Waals surface area contributed by atoms with Crippen molar-refractivity contribution in [3.63, 3.8) is 0 Å². The summed E-state index contributed by atoms with van der Waals surface area (Å²) in [5.74, 6) is -0.0959. The number of likely N-dealkylation sites (tertiary alicyclic amines) is 1. The first-order chi connectivity index (χ1) is 14.7. The van der Waals surface area contributed by atoms with E-state index in [0.717, 1.165) is 17.7 Å². The summed E-state index contributed by atoms with van der Waals surface area (Å²) in [6.45, 7) is 1.28. The Kier molecular flexibility index (Phi) is 6.35. The second-order valence-corrected chi connectivity index (χ2v) is 8.33.